The van der Waals surface area contributed by atoms with Gasteiger partial charge in [0, 0.05) is 13.1 Å². The van der Waals surface area contributed by atoms with Crippen molar-refractivity contribution in [3.8, 4) is 0 Å². The number of carbonyl (C=O) groups excluding carboxylic acids is 1. The van der Waals surface area contributed by atoms with Crippen molar-refractivity contribution < 1.29 is 17.9 Å². The number of piperidine rings is 1. The number of nitrogens with zero attached hydrogens (tertiary/aromatic N) is 1. The van der Waals surface area contributed by atoms with Gasteiger partial charge in [-0.15, -0.1) is 0 Å². The Morgan fingerprint density at radius 3 is 2.53 bits per heavy atom. The second-order valence-corrected chi connectivity index (χ2v) is 6.23. The van der Waals surface area contributed by atoms with E-state index in [1.807, 2.05) is 11.8 Å². The molecule has 0 aliphatic carbocycles. The second-order valence-electron chi connectivity index (χ2n) is 4.56. The summed E-state index contributed by atoms with van der Waals surface area (Å²) >= 11 is 0. The molecule has 1 rings (SSSR count). The lowest BCUT2D eigenvalue weighted by Crippen LogP contribution is -2.47. The fraction of sp³-hybridized carbons (Fsp3) is 0.909. The van der Waals surface area contributed by atoms with Gasteiger partial charge in [-0.2, -0.15) is 12.7 Å². The number of rotatable bonds is 6. The first kappa shape index (κ1) is 16.2. The van der Waals surface area contributed by atoms with Gasteiger partial charge in [0.15, 0.2) is 0 Å². The van der Waals surface area contributed by atoms with E-state index in [1.54, 1.807) is 6.92 Å². The summed E-state index contributed by atoms with van der Waals surface area (Å²) in [4.78, 5) is 11.2. The molecule has 2 N–H and O–H groups in total. The number of nitrogens with one attached hydrogen (secondary N) is 2. The summed E-state index contributed by atoms with van der Waals surface area (Å²) < 4.78 is 31.6. The van der Waals surface area contributed by atoms with Gasteiger partial charge >= 0.3 is 16.3 Å². The summed E-state index contributed by atoms with van der Waals surface area (Å²) in [6.45, 7) is 3.61. The molecular formula is C11H23N3O4S. The summed E-state index contributed by atoms with van der Waals surface area (Å²) in [6, 6.07) is 0. The van der Waals surface area contributed by atoms with Crippen LogP contribution in [-0.4, -0.2) is 52.1 Å². The first-order valence-corrected chi connectivity index (χ1v) is 8.02. The van der Waals surface area contributed by atoms with Crippen molar-refractivity contribution in [1.29, 1.82) is 0 Å². The smallest absolute Gasteiger partial charge is 0.421 e. The molecule has 0 aromatic carbocycles. The van der Waals surface area contributed by atoms with E-state index in [9.17, 15) is 13.2 Å². The molecule has 0 spiro atoms. The van der Waals surface area contributed by atoms with Crippen molar-refractivity contribution in [1.82, 2.24) is 14.3 Å². The highest BCUT2D eigenvalue weighted by molar-refractivity contribution is 7.87. The van der Waals surface area contributed by atoms with E-state index < -0.39 is 16.3 Å². The Morgan fingerprint density at radius 1 is 1.37 bits per heavy atom. The van der Waals surface area contributed by atoms with Crippen LogP contribution in [0.1, 0.15) is 26.2 Å². The zero-order valence-corrected chi connectivity index (χ0v) is 12.3. The van der Waals surface area contributed by atoms with E-state index in [0.717, 1.165) is 25.8 Å². The average Bonchev–Trinajstić information content (AvgIpc) is 2.36. The predicted octanol–water partition coefficient (Wildman–Crippen LogP) is 0.299. The highest BCUT2D eigenvalue weighted by atomic mass is 32.2. The molecule has 8 heteroatoms. The van der Waals surface area contributed by atoms with Crippen molar-refractivity contribution in [2.75, 3.05) is 33.3 Å². The van der Waals surface area contributed by atoms with Crippen molar-refractivity contribution in [2.45, 2.75) is 26.2 Å². The van der Waals surface area contributed by atoms with Crippen LogP contribution in [0.4, 0.5) is 4.79 Å². The zero-order valence-electron chi connectivity index (χ0n) is 11.5. The number of ether oxygens (including phenoxy) is 1. The lowest BCUT2D eigenvalue weighted by atomic mass is 9.95. The largest absolute Gasteiger partial charge is 0.449 e. The van der Waals surface area contributed by atoms with E-state index in [2.05, 4.69) is 10.1 Å². The minimum absolute atomic E-state index is 0.146. The molecule has 1 fully saturated rings. The molecule has 0 unspecified atom stereocenters. The van der Waals surface area contributed by atoms with E-state index in [0.29, 0.717) is 19.0 Å². The van der Waals surface area contributed by atoms with Crippen LogP contribution < -0.4 is 10.0 Å². The third kappa shape index (κ3) is 5.33. The van der Waals surface area contributed by atoms with Crippen molar-refractivity contribution in [2.24, 2.45) is 5.92 Å². The van der Waals surface area contributed by atoms with E-state index in [1.165, 1.54) is 4.31 Å². The van der Waals surface area contributed by atoms with E-state index >= 15 is 0 Å². The van der Waals surface area contributed by atoms with Crippen molar-refractivity contribution >= 4 is 16.3 Å². The molecule has 1 heterocycles. The van der Waals surface area contributed by atoms with Crippen molar-refractivity contribution in [3.05, 3.63) is 0 Å². The van der Waals surface area contributed by atoms with Crippen LogP contribution in [0.2, 0.25) is 0 Å². The molecule has 19 heavy (non-hydrogen) atoms. The second kappa shape index (κ2) is 7.66. The predicted molar refractivity (Wildman–Crippen MR) is 71.9 cm³/mol. The Kier molecular flexibility index (Phi) is 6.53. The topological polar surface area (TPSA) is 87.7 Å². The Hall–Kier alpha value is -0.860. The summed E-state index contributed by atoms with van der Waals surface area (Å²) in [5.41, 5.74) is 0. The summed E-state index contributed by atoms with van der Waals surface area (Å²) in [5, 5.41) is 3.09. The monoisotopic (exact) mass is 293 g/mol. The Labute approximate surface area is 114 Å². The molecule has 112 valence electrons. The van der Waals surface area contributed by atoms with Gasteiger partial charge in [0.2, 0.25) is 0 Å². The molecule has 1 saturated heterocycles. The lowest BCUT2D eigenvalue weighted by molar-refractivity contribution is 0.157. The molecule has 0 radical (unpaired) electrons. The standard InChI is InChI=1S/C11H23N3O4S/c1-3-18-11(15)13-19(16,17)14-8-5-10(6-9-14)4-7-12-2/h10,12H,3-9H2,1-2H3,(H,13,15). The number of carbonyl (C=O) groups is 1. The molecule has 0 aromatic heterocycles. The summed E-state index contributed by atoms with van der Waals surface area (Å²) in [7, 11) is -1.85. The maximum atomic E-state index is 11.9. The molecule has 0 saturated carbocycles. The van der Waals surface area contributed by atoms with Gasteiger partial charge in [0.25, 0.3) is 0 Å². The third-order valence-electron chi connectivity index (χ3n) is 3.20. The van der Waals surface area contributed by atoms with E-state index in [4.69, 9.17) is 0 Å². The minimum Gasteiger partial charge on any atom is -0.449 e. The molecule has 0 aromatic rings. The summed E-state index contributed by atoms with van der Waals surface area (Å²) in [6.07, 6.45) is 1.78. The van der Waals surface area contributed by atoms with Gasteiger partial charge in [-0.25, -0.2) is 9.52 Å². The lowest BCUT2D eigenvalue weighted by Gasteiger charge is -2.30. The molecule has 7 nitrogen and oxygen atoms in total. The fourth-order valence-corrected chi connectivity index (χ4v) is 3.21. The Bertz CT molecular complexity index is 377. The van der Waals surface area contributed by atoms with Gasteiger partial charge in [0.05, 0.1) is 6.61 Å². The third-order valence-corrected chi connectivity index (χ3v) is 4.67. The SMILES string of the molecule is CCOC(=O)NS(=O)(=O)N1CCC(CCNC)CC1. The molecule has 1 amide bonds. The van der Waals surface area contributed by atoms with E-state index in [-0.39, 0.29) is 6.61 Å². The van der Waals surface area contributed by atoms with Crippen LogP contribution in [-0.2, 0) is 14.9 Å². The van der Waals surface area contributed by atoms with Crippen LogP contribution in [0.3, 0.4) is 0 Å². The van der Waals surface area contributed by atoms with Crippen LogP contribution in [0, 0.1) is 5.92 Å². The number of hydrogen-bond donors (Lipinski definition) is 2. The van der Waals surface area contributed by atoms with Gasteiger partial charge in [-0.3, -0.25) is 0 Å². The Balaban J connectivity index is 2.43. The molecular weight excluding hydrogens is 270 g/mol. The quantitative estimate of drug-likeness (QED) is 0.735. The molecule has 1 aliphatic heterocycles. The zero-order chi connectivity index (χ0) is 14.3. The number of amides is 1. The van der Waals surface area contributed by atoms with Gasteiger partial charge in [-0.1, -0.05) is 0 Å². The first-order valence-electron chi connectivity index (χ1n) is 6.58. The normalized spacial score (nSPS) is 18.2. The van der Waals surface area contributed by atoms with Crippen LogP contribution >= 0.6 is 0 Å². The van der Waals surface area contributed by atoms with Gasteiger partial charge < -0.3 is 10.1 Å². The summed E-state index contributed by atoms with van der Waals surface area (Å²) in [5.74, 6) is 0.543. The Morgan fingerprint density at radius 2 is 2.00 bits per heavy atom. The number of hydrogen-bond acceptors (Lipinski definition) is 5. The maximum Gasteiger partial charge on any atom is 0.421 e. The van der Waals surface area contributed by atoms with Crippen LogP contribution in [0.5, 0.6) is 0 Å². The van der Waals surface area contributed by atoms with Gasteiger partial charge in [0.1, 0.15) is 0 Å². The highest BCUT2D eigenvalue weighted by Gasteiger charge is 2.29. The average molecular weight is 293 g/mol. The van der Waals surface area contributed by atoms with Crippen LogP contribution in [0.15, 0.2) is 0 Å². The maximum absolute atomic E-state index is 11.9. The van der Waals surface area contributed by atoms with Crippen molar-refractivity contribution in [3.63, 3.8) is 0 Å². The molecule has 0 bridgehead atoms. The molecule has 1 aliphatic rings. The van der Waals surface area contributed by atoms with Crippen LogP contribution in [0.25, 0.3) is 0 Å². The minimum atomic E-state index is -3.76. The fourth-order valence-electron chi connectivity index (χ4n) is 2.12. The highest BCUT2D eigenvalue weighted by Crippen LogP contribution is 2.21. The first-order chi connectivity index (χ1) is 8.99. The van der Waals surface area contributed by atoms with Gasteiger partial charge in [-0.05, 0) is 45.7 Å². The molecule has 0 atom stereocenters.